The Morgan fingerprint density at radius 3 is 2.11 bits per heavy atom. The Labute approximate surface area is 62.4 Å². The Bertz CT molecular complexity index is 100. The SMILES string of the molecule is [3H]PN(C)C(C)C(C)(C)C. The van der Waals surface area contributed by atoms with Gasteiger partial charge in [-0.25, -0.2) is 0 Å². The lowest BCUT2D eigenvalue weighted by Crippen LogP contribution is -2.33. The van der Waals surface area contributed by atoms with E-state index in [9.17, 15) is 0 Å². The molecule has 0 aliphatic heterocycles. The molecule has 0 rings (SSSR count). The Kier molecular flexibility index (Phi) is 2.49. The summed E-state index contributed by atoms with van der Waals surface area (Å²) in [6.07, 6.45) is 0. The van der Waals surface area contributed by atoms with Gasteiger partial charge in [0.25, 0.3) is 0 Å². The van der Waals surface area contributed by atoms with Crippen LogP contribution in [0.5, 0.6) is 0 Å². The molecular weight excluding hydrogens is 129 g/mol. The zero-order valence-corrected chi connectivity index (χ0v) is 8.02. The van der Waals surface area contributed by atoms with Crippen molar-refractivity contribution >= 4 is 9.34 Å². The molecule has 0 fully saturated rings. The van der Waals surface area contributed by atoms with Crippen molar-refractivity contribution in [1.29, 1.82) is 1.28 Å². The Morgan fingerprint density at radius 1 is 1.56 bits per heavy atom. The largest absolute Gasteiger partial charge is 0.287 e. The summed E-state index contributed by atoms with van der Waals surface area (Å²) < 4.78 is 9.24. The lowest BCUT2D eigenvalue weighted by molar-refractivity contribution is 0.228. The van der Waals surface area contributed by atoms with E-state index in [2.05, 4.69) is 32.4 Å². The Balaban J connectivity index is 3.94. The van der Waals surface area contributed by atoms with Gasteiger partial charge in [0.15, 0.2) is 0 Å². The molecule has 2 atom stereocenters. The van der Waals surface area contributed by atoms with E-state index in [1.807, 2.05) is 7.05 Å². The second-order valence-electron chi connectivity index (χ2n) is 3.65. The molecule has 2 heteroatoms. The summed E-state index contributed by atoms with van der Waals surface area (Å²) in [7, 11) is 2.17. The molecule has 0 spiro atoms. The summed E-state index contributed by atoms with van der Waals surface area (Å²) in [5.41, 5.74) is 0.294. The first kappa shape index (κ1) is 7.50. The Morgan fingerprint density at radius 2 is 2.00 bits per heavy atom. The maximum atomic E-state index is 7.17. The van der Waals surface area contributed by atoms with Gasteiger partial charge in [0.05, 0.1) is 1.28 Å². The number of hydrogen-bond donors (Lipinski definition) is 0. The molecule has 0 N–H and O–H groups in total. The van der Waals surface area contributed by atoms with Crippen LogP contribution in [0.3, 0.4) is 0 Å². The minimum Gasteiger partial charge on any atom is -0.287 e. The van der Waals surface area contributed by atoms with Gasteiger partial charge in [-0.2, -0.15) is 0 Å². The summed E-state index contributed by atoms with van der Waals surface area (Å²) in [5.74, 6) is 0. The van der Waals surface area contributed by atoms with Crippen LogP contribution in [0.1, 0.15) is 27.7 Å². The molecule has 2 unspecified atom stereocenters. The van der Waals surface area contributed by atoms with Gasteiger partial charge >= 0.3 is 0 Å². The molecule has 0 bridgehead atoms. The van der Waals surface area contributed by atoms with Gasteiger partial charge < -0.3 is 0 Å². The van der Waals surface area contributed by atoms with Crippen LogP contribution in [0.25, 0.3) is 0 Å². The molecule has 0 aromatic rings. The molecular formula is C7H18NP. The molecule has 1 nitrogen and oxygen atoms in total. The molecule has 56 valence electrons. The third-order valence-electron chi connectivity index (χ3n) is 1.83. The molecule has 0 aromatic heterocycles. The average molecular weight is 149 g/mol. The van der Waals surface area contributed by atoms with Gasteiger partial charge in [0.1, 0.15) is 0 Å². The lowest BCUT2D eigenvalue weighted by atomic mass is 9.88. The van der Waals surface area contributed by atoms with E-state index in [1.165, 1.54) is 0 Å². The zero-order valence-electron chi connectivity index (χ0n) is 8.02. The molecule has 0 heterocycles. The van der Waals surface area contributed by atoms with Crippen LogP contribution in [0.2, 0.25) is 0 Å². The minimum absolute atomic E-state index is 0.169. The highest BCUT2D eigenvalue weighted by molar-refractivity contribution is 7.13. The predicted molar refractivity (Wildman–Crippen MR) is 46.4 cm³/mol. The molecule has 0 aromatic carbocycles. The van der Waals surface area contributed by atoms with Crippen LogP contribution >= 0.6 is 9.34 Å². The van der Waals surface area contributed by atoms with Crippen LogP contribution in [-0.2, 0) is 0 Å². The van der Waals surface area contributed by atoms with Crippen LogP contribution in [0.4, 0.5) is 0 Å². The summed E-state index contributed by atoms with van der Waals surface area (Å²) in [6.45, 7) is 8.78. The van der Waals surface area contributed by atoms with Gasteiger partial charge in [-0.1, -0.05) is 30.1 Å². The number of rotatable bonds is 2. The fraction of sp³-hybridized carbons (Fsp3) is 1.00. The van der Waals surface area contributed by atoms with Crippen molar-refractivity contribution in [2.75, 3.05) is 7.05 Å². The second kappa shape index (κ2) is 2.98. The normalized spacial score (nSPS) is 19.1. The smallest absolute Gasteiger partial charge is 0.0712 e. The van der Waals surface area contributed by atoms with Gasteiger partial charge in [0, 0.05) is 6.04 Å². The first-order chi connectivity index (χ1) is 4.39. The molecule has 0 aliphatic carbocycles. The molecule has 0 amide bonds. The maximum absolute atomic E-state index is 7.17. The van der Waals surface area contributed by atoms with E-state index < -0.39 is 0 Å². The topological polar surface area (TPSA) is 3.24 Å². The third kappa shape index (κ3) is 3.17. The number of hydrogen-bond acceptors (Lipinski definition) is 1. The quantitative estimate of drug-likeness (QED) is 0.544. The van der Waals surface area contributed by atoms with Gasteiger partial charge in [-0.3, -0.25) is 4.67 Å². The fourth-order valence-electron chi connectivity index (χ4n) is 0.581. The fourth-order valence-corrected chi connectivity index (χ4v) is 0.968. The first-order valence-corrected chi connectivity index (χ1v) is 3.74. The molecule has 9 heavy (non-hydrogen) atoms. The minimum atomic E-state index is 0.169. The van der Waals surface area contributed by atoms with E-state index in [0.29, 0.717) is 11.5 Å². The van der Waals surface area contributed by atoms with E-state index in [1.54, 1.807) is 0 Å². The highest BCUT2D eigenvalue weighted by Crippen LogP contribution is 2.24. The van der Waals surface area contributed by atoms with Crippen molar-refractivity contribution in [1.82, 2.24) is 4.67 Å². The summed E-state index contributed by atoms with van der Waals surface area (Å²) >= 11 is 0. The second-order valence-corrected chi connectivity index (χ2v) is 4.36. The Hall–Kier alpha value is 0.390. The van der Waals surface area contributed by atoms with Crippen molar-refractivity contribution in [2.24, 2.45) is 5.41 Å². The lowest BCUT2D eigenvalue weighted by Gasteiger charge is -2.32. The van der Waals surface area contributed by atoms with Gasteiger partial charge in [-0.15, -0.1) is 0 Å². The van der Waals surface area contributed by atoms with Crippen LogP contribution in [0.15, 0.2) is 0 Å². The summed E-state index contributed by atoms with van der Waals surface area (Å²) in [6, 6.07) is 0.489. The van der Waals surface area contributed by atoms with E-state index in [-0.39, 0.29) is 9.34 Å². The monoisotopic (exact) mass is 149 g/mol. The third-order valence-corrected chi connectivity index (χ3v) is 2.22. The molecule has 0 saturated carbocycles. The van der Waals surface area contributed by atoms with Crippen molar-refractivity contribution < 1.29 is 0 Å². The van der Waals surface area contributed by atoms with Crippen molar-refractivity contribution in [3.63, 3.8) is 0 Å². The van der Waals surface area contributed by atoms with Crippen molar-refractivity contribution in [2.45, 2.75) is 33.7 Å². The van der Waals surface area contributed by atoms with E-state index >= 15 is 0 Å². The number of nitrogens with zero attached hydrogens (tertiary/aromatic N) is 1. The van der Waals surface area contributed by atoms with Crippen molar-refractivity contribution in [3.05, 3.63) is 0 Å². The highest BCUT2D eigenvalue weighted by atomic mass is 31.0. The zero-order chi connectivity index (χ0) is 8.36. The van der Waals surface area contributed by atoms with E-state index in [4.69, 9.17) is 1.28 Å². The van der Waals surface area contributed by atoms with Crippen LogP contribution < -0.4 is 0 Å². The maximum Gasteiger partial charge on any atom is 0.0712 e. The van der Waals surface area contributed by atoms with Gasteiger partial charge in [0.2, 0.25) is 0 Å². The predicted octanol–water partition coefficient (Wildman–Crippen LogP) is 2.14. The summed E-state index contributed by atoms with van der Waals surface area (Å²) in [5, 5.41) is 0. The highest BCUT2D eigenvalue weighted by Gasteiger charge is 2.21. The van der Waals surface area contributed by atoms with Crippen LogP contribution in [0, 0.1) is 5.41 Å². The molecule has 0 saturated heterocycles. The molecule has 0 radical (unpaired) electrons. The summed E-state index contributed by atoms with van der Waals surface area (Å²) in [4.78, 5) is 0. The van der Waals surface area contributed by atoms with Crippen LogP contribution in [-0.4, -0.2) is 19.0 Å². The van der Waals surface area contributed by atoms with Gasteiger partial charge in [-0.05, 0) is 19.4 Å². The standard InChI is InChI=1S/C7H18NP/c1-6(8(5)9)7(2,3)4/h6H,9H2,1-5H3/i9T. The van der Waals surface area contributed by atoms with Crippen molar-refractivity contribution in [3.8, 4) is 0 Å². The van der Waals surface area contributed by atoms with E-state index in [0.717, 1.165) is 0 Å². The molecule has 0 aliphatic rings. The first-order valence-electron chi connectivity index (χ1n) is 3.80. The average Bonchev–Trinajstić information content (AvgIpc) is 1.83.